The van der Waals surface area contributed by atoms with Gasteiger partial charge in [-0.05, 0) is 55.7 Å². The highest BCUT2D eigenvalue weighted by Crippen LogP contribution is 2.31. The Bertz CT molecular complexity index is 908. The standard InChI is InChI=1S/C18H17N5/c1-10-7-16-15(6-5-14(8-19)22-16)12(3)18(10)23-17(9-20)11(2)13(4)21/h5-7,13H,2,21H2,1,3-4H3. The van der Waals surface area contributed by atoms with Crippen LogP contribution in [0.1, 0.15) is 23.7 Å². The lowest BCUT2D eigenvalue weighted by Crippen LogP contribution is -2.22. The lowest BCUT2D eigenvalue weighted by molar-refractivity contribution is 0.901. The summed E-state index contributed by atoms with van der Waals surface area (Å²) < 4.78 is 0. The molecule has 1 aromatic heterocycles. The van der Waals surface area contributed by atoms with Crippen LogP contribution in [-0.4, -0.2) is 16.7 Å². The number of aliphatic imine (C=N–C) groups is 1. The lowest BCUT2D eigenvalue weighted by Gasteiger charge is -2.12. The number of nitrogens with two attached hydrogens (primary N) is 1. The van der Waals surface area contributed by atoms with Gasteiger partial charge in [-0.1, -0.05) is 6.58 Å². The molecule has 0 radical (unpaired) electrons. The Morgan fingerprint density at radius 1 is 1.35 bits per heavy atom. The summed E-state index contributed by atoms with van der Waals surface area (Å²) in [5.74, 6) is 0. The second-order valence-corrected chi connectivity index (χ2v) is 5.43. The van der Waals surface area contributed by atoms with Crippen molar-refractivity contribution in [3.05, 3.63) is 47.2 Å². The van der Waals surface area contributed by atoms with Gasteiger partial charge in [-0.3, -0.25) is 0 Å². The molecule has 1 atom stereocenters. The highest BCUT2D eigenvalue weighted by molar-refractivity contribution is 6.13. The zero-order valence-electron chi connectivity index (χ0n) is 13.4. The fourth-order valence-electron chi connectivity index (χ4n) is 2.33. The second kappa shape index (κ2) is 6.39. The highest BCUT2D eigenvalue weighted by Gasteiger charge is 2.13. The summed E-state index contributed by atoms with van der Waals surface area (Å²) in [5.41, 5.74) is 10.1. The quantitative estimate of drug-likeness (QED) is 0.880. The van der Waals surface area contributed by atoms with E-state index in [1.54, 1.807) is 13.0 Å². The number of hydrogen-bond acceptors (Lipinski definition) is 5. The van der Waals surface area contributed by atoms with Crippen molar-refractivity contribution in [3.63, 3.8) is 0 Å². The summed E-state index contributed by atoms with van der Waals surface area (Å²) in [6.07, 6.45) is 0. The fourth-order valence-corrected chi connectivity index (χ4v) is 2.33. The molecule has 114 valence electrons. The first kappa shape index (κ1) is 16.4. The molecular formula is C18H17N5. The van der Waals surface area contributed by atoms with Crippen molar-refractivity contribution >= 4 is 22.3 Å². The molecule has 1 aromatic carbocycles. The Kier molecular flexibility index (Phi) is 4.55. The number of nitrogens with zero attached hydrogens (tertiary/aromatic N) is 4. The third kappa shape index (κ3) is 3.11. The van der Waals surface area contributed by atoms with Crippen molar-refractivity contribution in [2.75, 3.05) is 0 Å². The predicted octanol–water partition coefficient (Wildman–Crippen LogP) is 3.22. The van der Waals surface area contributed by atoms with Gasteiger partial charge in [0.1, 0.15) is 23.5 Å². The lowest BCUT2D eigenvalue weighted by atomic mass is 10.0. The summed E-state index contributed by atoms with van der Waals surface area (Å²) in [6, 6.07) is 9.15. The van der Waals surface area contributed by atoms with Gasteiger partial charge < -0.3 is 5.73 Å². The van der Waals surface area contributed by atoms with Crippen LogP contribution >= 0.6 is 0 Å². The van der Waals surface area contributed by atoms with Crippen molar-refractivity contribution in [1.29, 1.82) is 10.5 Å². The summed E-state index contributed by atoms with van der Waals surface area (Å²) >= 11 is 0. The zero-order chi connectivity index (χ0) is 17.1. The van der Waals surface area contributed by atoms with Crippen LogP contribution in [0.2, 0.25) is 0 Å². The average molecular weight is 303 g/mol. The molecule has 0 fully saturated rings. The Hall–Kier alpha value is -3.02. The third-order valence-corrected chi connectivity index (χ3v) is 3.71. The summed E-state index contributed by atoms with van der Waals surface area (Å²) in [4.78, 5) is 8.78. The van der Waals surface area contributed by atoms with Crippen molar-refractivity contribution < 1.29 is 0 Å². The van der Waals surface area contributed by atoms with Crippen LogP contribution in [0.25, 0.3) is 10.9 Å². The van der Waals surface area contributed by atoms with Gasteiger partial charge in [0.15, 0.2) is 0 Å². The molecule has 0 saturated heterocycles. The average Bonchev–Trinajstić information content (AvgIpc) is 2.53. The van der Waals surface area contributed by atoms with Gasteiger partial charge in [0, 0.05) is 11.4 Å². The van der Waals surface area contributed by atoms with E-state index in [2.05, 4.69) is 22.6 Å². The summed E-state index contributed by atoms with van der Waals surface area (Å²) in [5, 5.41) is 19.2. The van der Waals surface area contributed by atoms with E-state index in [0.29, 0.717) is 17.0 Å². The molecule has 2 aromatic rings. The molecule has 0 aliphatic carbocycles. The Labute approximate surface area is 135 Å². The molecule has 23 heavy (non-hydrogen) atoms. The van der Waals surface area contributed by atoms with E-state index in [1.165, 1.54) is 0 Å². The molecular weight excluding hydrogens is 286 g/mol. The molecule has 0 aliphatic heterocycles. The number of fused-ring (bicyclic) bond motifs is 1. The van der Waals surface area contributed by atoms with Gasteiger partial charge in [-0.2, -0.15) is 10.5 Å². The van der Waals surface area contributed by atoms with Crippen LogP contribution in [0.4, 0.5) is 5.69 Å². The van der Waals surface area contributed by atoms with E-state index in [-0.39, 0.29) is 11.8 Å². The van der Waals surface area contributed by atoms with Crippen LogP contribution in [-0.2, 0) is 0 Å². The maximum absolute atomic E-state index is 9.32. The minimum Gasteiger partial charge on any atom is -0.324 e. The van der Waals surface area contributed by atoms with Gasteiger partial charge in [0.2, 0.25) is 0 Å². The minimum atomic E-state index is -0.339. The molecule has 0 saturated carbocycles. The molecule has 0 aliphatic rings. The third-order valence-electron chi connectivity index (χ3n) is 3.71. The largest absolute Gasteiger partial charge is 0.324 e. The van der Waals surface area contributed by atoms with Crippen LogP contribution in [0, 0.1) is 36.5 Å². The highest BCUT2D eigenvalue weighted by atomic mass is 14.8. The van der Waals surface area contributed by atoms with Crippen molar-refractivity contribution in [3.8, 4) is 12.1 Å². The normalized spacial score (nSPS) is 12.5. The zero-order valence-corrected chi connectivity index (χ0v) is 13.4. The number of nitriles is 2. The van der Waals surface area contributed by atoms with Crippen LogP contribution < -0.4 is 5.73 Å². The molecule has 5 nitrogen and oxygen atoms in total. The van der Waals surface area contributed by atoms with E-state index < -0.39 is 0 Å². The van der Waals surface area contributed by atoms with Crippen LogP contribution in [0.3, 0.4) is 0 Å². The molecule has 0 spiro atoms. The van der Waals surface area contributed by atoms with Gasteiger partial charge >= 0.3 is 0 Å². The molecule has 2 rings (SSSR count). The molecule has 1 heterocycles. The maximum atomic E-state index is 9.32. The van der Waals surface area contributed by atoms with E-state index in [4.69, 9.17) is 11.0 Å². The van der Waals surface area contributed by atoms with Crippen molar-refractivity contribution in [2.24, 2.45) is 10.7 Å². The number of aromatic nitrogens is 1. The minimum absolute atomic E-state index is 0.229. The Morgan fingerprint density at radius 2 is 2.04 bits per heavy atom. The van der Waals surface area contributed by atoms with Crippen molar-refractivity contribution in [2.45, 2.75) is 26.8 Å². The number of pyridine rings is 1. The van der Waals surface area contributed by atoms with Crippen LogP contribution in [0.5, 0.6) is 0 Å². The van der Waals surface area contributed by atoms with E-state index >= 15 is 0 Å². The first-order chi connectivity index (χ1) is 10.9. The summed E-state index contributed by atoms with van der Waals surface area (Å²) in [7, 11) is 0. The number of hydrogen-bond donors (Lipinski definition) is 1. The molecule has 5 heteroatoms. The van der Waals surface area contributed by atoms with Crippen LogP contribution in [0.15, 0.2) is 35.3 Å². The summed E-state index contributed by atoms with van der Waals surface area (Å²) in [6.45, 7) is 9.43. The Balaban J connectivity index is 2.69. The number of benzene rings is 1. The monoisotopic (exact) mass is 303 g/mol. The van der Waals surface area contributed by atoms with Crippen molar-refractivity contribution in [1.82, 2.24) is 4.98 Å². The topological polar surface area (TPSA) is 98.8 Å². The molecule has 1 unspecified atom stereocenters. The van der Waals surface area contributed by atoms with E-state index in [9.17, 15) is 5.26 Å². The second-order valence-electron chi connectivity index (χ2n) is 5.43. The van der Waals surface area contributed by atoms with Gasteiger partial charge in [0.25, 0.3) is 0 Å². The first-order valence-corrected chi connectivity index (χ1v) is 7.13. The number of rotatable bonds is 3. The fraction of sp³-hybridized carbons (Fsp3) is 0.222. The first-order valence-electron chi connectivity index (χ1n) is 7.13. The predicted molar refractivity (Wildman–Crippen MR) is 91.4 cm³/mol. The molecule has 0 bridgehead atoms. The smallest absolute Gasteiger partial charge is 0.145 e. The van der Waals surface area contributed by atoms with Gasteiger partial charge in [-0.25, -0.2) is 9.98 Å². The van der Waals surface area contributed by atoms with E-state index in [0.717, 1.165) is 22.0 Å². The SMILES string of the molecule is C=C(C(C#N)=Nc1c(C)cc2nc(C#N)ccc2c1C)C(C)N. The maximum Gasteiger partial charge on any atom is 0.145 e. The number of aryl methyl sites for hydroxylation is 2. The van der Waals surface area contributed by atoms with Gasteiger partial charge in [0.05, 0.1) is 11.2 Å². The van der Waals surface area contributed by atoms with Gasteiger partial charge in [-0.15, -0.1) is 0 Å². The molecule has 2 N–H and O–H groups in total. The Morgan fingerprint density at radius 3 is 2.61 bits per heavy atom. The van der Waals surface area contributed by atoms with E-state index in [1.807, 2.05) is 32.0 Å². The molecule has 0 amide bonds.